The molecule has 0 bridgehead atoms. The Labute approximate surface area is 176 Å². The summed E-state index contributed by atoms with van der Waals surface area (Å²) in [6, 6.07) is 13.4. The summed E-state index contributed by atoms with van der Waals surface area (Å²) < 4.78 is 13.0. The predicted molar refractivity (Wildman–Crippen MR) is 117 cm³/mol. The van der Waals surface area contributed by atoms with Crippen LogP contribution in [0.3, 0.4) is 0 Å². The van der Waals surface area contributed by atoms with Crippen molar-refractivity contribution in [2.75, 3.05) is 36.8 Å². The molecule has 0 aliphatic carbocycles. The first-order valence-corrected chi connectivity index (χ1v) is 11.7. The molecular weight excluding hydrogens is 383 g/mol. The molecule has 3 nitrogen and oxygen atoms in total. The summed E-state index contributed by atoms with van der Waals surface area (Å²) in [6.07, 6.45) is 3.85. The highest BCUT2D eigenvalue weighted by atomic mass is 32.2. The molecule has 0 amide bonds. The number of benzene rings is 2. The number of likely N-dealkylation sites (tertiary alicyclic amines) is 1. The molecule has 2 aromatic rings. The van der Waals surface area contributed by atoms with Gasteiger partial charge >= 0.3 is 0 Å². The van der Waals surface area contributed by atoms with Crippen LogP contribution in [0.15, 0.2) is 47.4 Å². The van der Waals surface area contributed by atoms with Crippen LogP contribution in [0.5, 0.6) is 0 Å². The number of para-hydroxylation sites is 1. The van der Waals surface area contributed by atoms with Crippen LogP contribution in [0, 0.1) is 5.82 Å². The van der Waals surface area contributed by atoms with Gasteiger partial charge in [0.1, 0.15) is 5.82 Å². The van der Waals surface area contributed by atoms with Gasteiger partial charge in [-0.2, -0.15) is 0 Å². The third kappa shape index (κ3) is 3.71. The van der Waals surface area contributed by atoms with Crippen molar-refractivity contribution >= 4 is 23.2 Å². The molecule has 29 heavy (non-hydrogen) atoms. The molecular formula is C24H27FN2OS. The van der Waals surface area contributed by atoms with Crippen molar-refractivity contribution in [1.82, 2.24) is 4.90 Å². The summed E-state index contributed by atoms with van der Waals surface area (Å²) in [5.74, 6) is 1.63. The second-order valence-electron chi connectivity index (χ2n) is 8.39. The number of carbonyl (C=O) groups is 1. The molecule has 0 saturated carbocycles. The van der Waals surface area contributed by atoms with Gasteiger partial charge in [0.2, 0.25) is 0 Å². The lowest BCUT2D eigenvalue weighted by atomic mass is 9.89. The number of hydrogen-bond acceptors (Lipinski definition) is 4. The van der Waals surface area contributed by atoms with Gasteiger partial charge < -0.3 is 9.80 Å². The average molecular weight is 411 g/mol. The number of anilines is 1. The van der Waals surface area contributed by atoms with E-state index in [9.17, 15) is 9.18 Å². The van der Waals surface area contributed by atoms with E-state index in [2.05, 4.69) is 28.0 Å². The first-order chi connectivity index (χ1) is 14.2. The van der Waals surface area contributed by atoms with E-state index >= 15 is 0 Å². The smallest absolute Gasteiger partial charge is 0.162 e. The van der Waals surface area contributed by atoms with Gasteiger partial charge in [0.25, 0.3) is 0 Å². The molecule has 3 heterocycles. The maximum atomic E-state index is 13.0. The van der Waals surface area contributed by atoms with Crippen molar-refractivity contribution in [2.24, 2.45) is 0 Å². The largest absolute Gasteiger partial charge is 0.367 e. The zero-order chi connectivity index (χ0) is 19.8. The summed E-state index contributed by atoms with van der Waals surface area (Å²) in [6.45, 7) is 4.34. The molecule has 1 saturated heterocycles. The fraction of sp³-hybridized carbons (Fsp3) is 0.458. The zero-order valence-corrected chi connectivity index (χ0v) is 17.5. The van der Waals surface area contributed by atoms with E-state index in [1.807, 2.05) is 11.8 Å². The van der Waals surface area contributed by atoms with Gasteiger partial charge in [-0.1, -0.05) is 12.1 Å². The van der Waals surface area contributed by atoms with Gasteiger partial charge in [0.15, 0.2) is 5.78 Å². The lowest BCUT2D eigenvalue weighted by molar-refractivity contribution is 0.0971. The Kier molecular flexibility index (Phi) is 5.35. The minimum absolute atomic E-state index is 0.112. The van der Waals surface area contributed by atoms with Crippen LogP contribution in [0.2, 0.25) is 0 Å². The number of fused-ring (bicyclic) bond motifs is 3. The normalized spacial score (nSPS) is 23.4. The molecule has 0 aromatic heterocycles. The average Bonchev–Trinajstić information content (AvgIpc) is 2.89. The first-order valence-electron chi connectivity index (χ1n) is 10.7. The third-order valence-corrected chi connectivity index (χ3v) is 7.76. The second-order valence-corrected chi connectivity index (χ2v) is 9.52. The number of piperidine rings is 1. The number of hydrogen-bond donors (Lipinski definition) is 0. The van der Waals surface area contributed by atoms with Crippen LogP contribution in [0.25, 0.3) is 0 Å². The quantitative estimate of drug-likeness (QED) is 0.650. The second kappa shape index (κ2) is 8.11. The number of ketones is 1. The van der Waals surface area contributed by atoms with E-state index in [4.69, 9.17) is 0 Å². The highest BCUT2D eigenvalue weighted by Crippen LogP contribution is 2.50. The Morgan fingerprint density at radius 2 is 2.00 bits per heavy atom. The number of nitrogens with zero attached hydrogens (tertiary/aromatic N) is 2. The van der Waals surface area contributed by atoms with E-state index in [0.717, 1.165) is 26.1 Å². The molecule has 0 N–H and O–H groups in total. The highest BCUT2D eigenvalue weighted by Gasteiger charge is 2.43. The molecule has 5 rings (SSSR count). The Morgan fingerprint density at radius 3 is 2.86 bits per heavy atom. The molecule has 2 atom stereocenters. The van der Waals surface area contributed by atoms with Crippen LogP contribution < -0.4 is 4.90 Å². The van der Waals surface area contributed by atoms with Gasteiger partial charge in [0.05, 0.1) is 5.69 Å². The van der Waals surface area contributed by atoms with Crippen molar-refractivity contribution in [2.45, 2.75) is 42.5 Å². The highest BCUT2D eigenvalue weighted by molar-refractivity contribution is 7.99. The number of halogens is 1. The minimum Gasteiger partial charge on any atom is -0.367 e. The first kappa shape index (κ1) is 19.1. The van der Waals surface area contributed by atoms with Crippen LogP contribution in [0.1, 0.15) is 47.5 Å². The summed E-state index contributed by atoms with van der Waals surface area (Å²) >= 11 is 2.01. The topological polar surface area (TPSA) is 23.6 Å². The number of Topliss-reactive ketones (excluding diaryl/α,β-unsaturated/α-hetero) is 1. The van der Waals surface area contributed by atoms with Crippen LogP contribution in [-0.2, 0) is 0 Å². The molecule has 0 unspecified atom stereocenters. The molecule has 0 spiro atoms. The molecule has 3 aliphatic heterocycles. The SMILES string of the molecule is O=C(CCCN1CC[C@@H]2[C@H](C1)c1cccc3c1N2CCCS3)c1ccc(F)cc1. The monoisotopic (exact) mass is 410 g/mol. The number of carbonyl (C=O) groups excluding carboxylic acids is 1. The van der Waals surface area contributed by atoms with Crippen molar-refractivity contribution in [1.29, 1.82) is 0 Å². The third-order valence-electron chi connectivity index (χ3n) is 6.62. The zero-order valence-electron chi connectivity index (χ0n) is 16.6. The standard InChI is InChI=1S/C24H27FN2OS/c25-18-9-7-17(8-10-18)22(28)5-2-12-26-14-11-21-20(16-26)19-4-1-6-23-24(19)27(21)13-3-15-29-23/h1,4,6-10,20-21H,2-3,5,11-16H2/t20-,21-/m1/s1. The lowest BCUT2D eigenvalue weighted by Crippen LogP contribution is -2.46. The Bertz CT molecular complexity index is 900. The molecule has 3 aliphatic rings. The predicted octanol–water partition coefficient (Wildman–Crippen LogP) is 4.96. The van der Waals surface area contributed by atoms with Crippen LogP contribution in [-0.4, -0.2) is 48.7 Å². The Balaban J connectivity index is 1.22. The van der Waals surface area contributed by atoms with Gasteiger partial charge in [-0.3, -0.25) is 4.79 Å². The van der Waals surface area contributed by atoms with E-state index in [1.165, 1.54) is 53.4 Å². The summed E-state index contributed by atoms with van der Waals surface area (Å²) in [7, 11) is 0. The lowest BCUT2D eigenvalue weighted by Gasteiger charge is -2.39. The van der Waals surface area contributed by atoms with Crippen molar-refractivity contribution in [3.63, 3.8) is 0 Å². The van der Waals surface area contributed by atoms with Gasteiger partial charge in [-0.25, -0.2) is 4.39 Å². The Morgan fingerprint density at radius 1 is 1.14 bits per heavy atom. The fourth-order valence-electron chi connectivity index (χ4n) is 5.26. The van der Waals surface area contributed by atoms with E-state index < -0.39 is 0 Å². The van der Waals surface area contributed by atoms with Crippen LogP contribution in [0.4, 0.5) is 10.1 Å². The molecule has 1 fully saturated rings. The van der Waals surface area contributed by atoms with Gasteiger partial charge in [0, 0.05) is 48.5 Å². The van der Waals surface area contributed by atoms with Gasteiger partial charge in [-0.15, -0.1) is 11.8 Å². The summed E-state index contributed by atoms with van der Waals surface area (Å²) in [5.41, 5.74) is 3.66. The van der Waals surface area contributed by atoms with Crippen molar-refractivity contribution in [3.8, 4) is 0 Å². The fourth-order valence-corrected chi connectivity index (χ4v) is 6.30. The molecule has 2 aromatic carbocycles. The minimum atomic E-state index is -0.295. The van der Waals surface area contributed by atoms with E-state index in [-0.39, 0.29) is 11.6 Å². The molecule has 0 radical (unpaired) electrons. The van der Waals surface area contributed by atoms with Crippen LogP contribution >= 0.6 is 11.8 Å². The van der Waals surface area contributed by atoms with E-state index in [1.54, 1.807) is 12.1 Å². The molecule has 152 valence electrons. The maximum Gasteiger partial charge on any atom is 0.162 e. The number of thioether (sulfide) groups is 1. The summed E-state index contributed by atoms with van der Waals surface area (Å²) in [5, 5.41) is 0. The van der Waals surface area contributed by atoms with Crippen molar-refractivity contribution < 1.29 is 9.18 Å². The van der Waals surface area contributed by atoms with Gasteiger partial charge in [-0.05, 0) is 67.5 Å². The summed E-state index contributed by atoms with van der Waals surface area (Å²) in [4.78, 5) is 19.1. The number of rotatable bonds is 5. The van der Waals surface area contributed by atoms with E-state index in [0.29, 0.717) is 23.9 Å². The maximum absolute atomic E-state index is 13.0. The Hall–Kier alpha value is -1.85. The molecule has 5 heteroatoms. The van der Waals surface area contributed by atoms with Crippen molar-refractivity contribution in [3.05, 3.63) is 59.4 Å².